The topological polar surface area (TPSA) is 59.0 Å². The van der Waals surface area contributed by atoms with Crippen LogP contribution >= 0.6 is 22.6 Å². The standard InChI is InChI=1S/C22H26INO4/c1-12(25)27-16-5-4-14-10-17-22(26)7-6-15(23)20-21(22,18(14)19(16)28-20)8-9-24(17)11-13-2-3-13/h4-5,13,15,17,20,26H,2-3,6-11H2,1H3/t15-,17+,20-,21-,22?/m0/s1. The Balaban J connectivity index is 1.53. The lowest BCUT2D eigenvalue weighted by atomic mass is 9.49. The van der Waals surface area contributed by atoms with Crippen LogP contribution in [0.5, 0.6) is 11.5 Å². The number of aliphatic hydroxyl groups is 1. The normalized spacial score (nSPS) is 40.6. The van der Waals surface area contributed by atoms with Crippen molar-refractivity contribution in [1.29, 1.82) is 0 Å². The third-order valence-electron chi connectivity index (χ3n) is 7.93. The summed E-state index contributed by atoms with van der Waals surface area (Å²) in [5.74, 6) is 1.72. The van der Waals surface area contributed by atoms with E-state index in [1.807, 2.05) is 6.07 Å². The van der Waals surface area contributed by atoms with Crippen molar-refractivity contribution < 1.29 is 19.4 Å². The molecule has 150 valence electrons. The van der Waals surface area contributed by atoms with E-state index in [-0.39, 0.29) is 23.5 Å². The first-order chi connectivity index (χ1) is 13.4. The largest absolute Gasteiger partial charge is 0.484 e. The van der Waals surface area contributed by atoms with Crippen LogP contribution in [0, 0.1) is 5.92 Å². The zero-order valence-corrected chi connectivity index (χ0v) is 18.3. The van der Waals surface area contributed by atoms with Gasteiger partial charge in [0.05, 0.1) is 11.0 Å². The van der Waals surface area contributed by atoms with Crippen molar-refractivity contribution in [3.8, 4) is 11.5 Å². The van der Waals surface area contributed by atoms with Gasteiger partial charge in [-0.3, -0.25) is 9.69 Å². The number of ether oxygens (including phenoxy) is 2. The van der Waals surface area contributed by atoms with Crippen LogP contribution < -0.4 is 9.47 Å². The molecule has 0 radical (unpaired) electrons. The van der Waals surface area contributed by atoms with Gasteiger partial charge in [0.2, 0.25) is 0 Å². The molecule has 1 N–H and O–H groups in total. The summed E-state index contributed by atoms with van der Waals surface area (Å²) >= 11 is 2.50. The first-order valence-corrected chi connectivity index (χ1v) is 11.8. The molecule has 3 fully saturated rings. The number of hydrogen-bond donors (Lipinski definition) is 1. The summed E-state index contributed by atoms with van der Waals surface area (Å²) in [5.41, 5.74) is 1.28. The number of rotatable bonds is 3. The van der Waals surface area contributed by atoms with Gasteiger partial charge < -0.3 is 14.6 Å². The average Bonchev–Trinajstić information content (AvgIpc) is 3.38. The molecule has 1 aromatic rings. The van der Waals surface area contributed by atoms with E-state index in [4.69, 9.17) is 9.47 Å². The van der Waals surface area contributed by atoms with Crippen molar-refractivity contribution in [2.24, 2.45) is 5.92 Å². The second-order valence-corrected chi connectivity index (χ2v) is 11.0. The molecule has 5 atom stereocenters. The zero-order valence-electron chi connectivity index (χ0n) is 16.1. The molecule has 0 amide bonds. The van der Waals surface area contributed by atoms with E-state index in [9.17, 15) is 9.90 Å². The first kappa shape index (κ1) is 18.0. The summed E-state index contributed by atoms with van der Waals surface area (Å²) in [4.78, 5) is 14.2. The molecule has 0 aromatic heterocycles. The highest BCUT2D eigenvalue weighted by Gasteiger charge is 2.72. The molecule has 6 rings (SSSR count). The molecular weight excluding hydrogens is 469 g/mol. The number of halogens is 1. The van der Waals surface area contributed by atoms with Crippen LogP contribution in [0.3, 0.4) is 0 Å². The average molecular weight is 495 g/mol. The molecule has 3 aliphatic carbocycles. The summed E-state index contributed by atoms with van der Waals surface area (Å²) in [6.45, 7) is 3.57. The number of benzene rings is 1. The van der Waals surface area contributed by atoms with Crippen molar-refractivity contribution in [2.75, 3.05) is 13.1 Å². The molecule has 1 unspecified atom stereocenters. The van der Waals surface area contributed by atoms with Crippen molar-refractivity contribution >= 4 is 28.6 Å². The monoisotopic (exact) mass is 495 g/mol. The Labute approximate surface area is 178 Å². The molecule has 6 heteroatoms. The van der Waals surface area contributed by atoms with Crippen LogP contribution in [0.2, 0.25) is 0 Å². The highest BCUT2D eigenvalue weighted by molar-refractivity contribution is 14.1. The summed E-state index contributed by atoms with van der Waals surface area (Å²) in [7, 11) is 0. The highest BCUT2D eigenvalue weighted by atomic mass is 127. The van der Waals surface area contributed by atoms with Gasteiger partial charge in [0.15, 0.2) is 11.5 Å². The fraction of sp³-hybridized carbons (Fsp3) is 0.682. The van der Waals surface area contributed by atoms with E-state index in [1.54, 1.807) is 0 Å². The maximum Gasteiger partial charge on any atom is 0.308 e. The molecule has 1 saturated heterocycles. The highest BCUT2D eigenvalue weighted by Crippen LogP contribution is 2.66. The smallest absolute Gasteiger partial charge is 0.308 e. The Morgan fingerprint density at radius 2 is 2.18 bits per heavy atom. The lowest BCUT2D eigenvalue weighted by Gasteiger charge is -2.63. The third-order valence-corrected chi connectivity index (χ3v) is 9.20. The van der Waals surface area contributed by atoms with Crippen molar-refractivity contribution in [3.63, 3.8) is 0 Å². The number of carbonyl (C=O) groups is 1. The molecular formula is C22H26INO4. The SMILES string of the molecule is CC(=O)Oc1ccc2c3c1O[C@H]1[C@@H](I)CCC4(O)[C@@H](C2)N(CC2CC2)CC[C@]314. The van der Waals surface area contributed by atoms with Gasteiger partial charge in [-0.15, -0.1) is 0 Å². The summed E-state index contributed by atoms with van der Waals surface area (Å²) < 4.78 is 12.4. The number of esters is 1. The van der Waals surface area contributed by atoms with Gasteiger partial charge in [0.25, 0.3) is 0 Å². The Hall–Kier alpha value is -0.860. The van der Waals surface area contributed by atoms with E-state index >= 15 is 0 Å². The minimum atomic E-state index is -0.764. The molecule has 2 bridgehead atoms. The van der Waals surface area contributed by atoms with E-state index in [0.29, 0.717) is 15.4 Å². The van der Waals surface area contributed by atoms with E-state index < -0.39 is 5.60 Å². The van der Waals surface area contributed by atoms with Crippen LogP contribution in [-0.2, 0) is 16.6 Å². The fourth-order valence-corrected chi connectivity index (χ4v) is 7.72. The van der Waals surface area contributed by atoms with Crippen LogP contribution in [0.15, 0.2) is 12.1 Å². The van der Waals surface area contributed by atoms with E-state index in [2.05, 4.69) is 33.6 Å². The van der Waals surface area contributed by atoms with E-state index in [0.717, 1.165) is 50.3 Å². The van der Waals surface area contributed by atoms with Crippen molar-refractivity contribution in [1.82, 2.24) is 4.90 Å². The lowest BCUT2D eigenvalue weighted by molar-refractivity contribution is -0.182. The van der Waals surface area contributed by atoms with Gasteiger partial charge >= 0.3 is 5.97 Å². The number of carbonyl (C=O) groups excluding carboxylic acids is 1. The molecule has 1 aromatic carbocycles. The lowest BCUT2D eigenvalue weighted by Crippen LogP contribution is -2.76. The summed E-state index contributed by atoms with van der Waals surface area (Å²) in [5, 5.41) is 12.3. The number of hydrogen-bond acceptors (Lipinski definition) is 5. The number of piperidine rings is 1. The zero-order chi connectivity index (χ0) is 19.3. The molecule has 1 spiro atoms. The quantitative estimate of drug-likeness (QED) is 0.303. The number of alkyl halides is 1. The van der Waals surface area contributed by atoms with Gasteiger partial charge in [-0.25, -0.2) is 0 Å². The predicted molar refractivity (Wildman–Crippen MR) is 112 cm³/mol. The van der Waals surface area contributed by atoms with Gasteiger partial charge in [-0.2, -0.15) is 0 Å². The third kappa shape index (κ3) is 2.17. The van der Waals surface area contributed by atoms with Gasteiger partial charge in [0, 0.05) is 29.0 Å². The van der Waals surface area contributed by atoms with Crippen molar-refractivity contribution in [2.45, 2.75) is 72.5 Å². The Bertz CT molecular complexity index is 870. The molecule has 2 aliphatic heterocycles. The van der Waals surface area contributed by atoms with Crippen LogP contribution in [0.1, 0.15) is 50.2 Å². The Kier molecular flexibility index (Phi) is 3.75. The van der Waals surface area contributed by atoms with Gasteiger partial charge in [-0.05, 0) is 62.6 Å². The molecule has 28 heavy (non-hydrogen) atoms. The van der Waals surface area contributed by atoms with Crippen LogP contribution in [0.25, 0.3) is 0 Å². The minimum absolute atomic E-state index is 0.0526. The second kappa shape index (κ2) is 5.85. The summed E-state index contributed by atoms with van der Waals surface area (Å²) in [6, 6.07) is 4.15. The fourth-order valence-electron chi connectivity index (χ4n) is 6.65. The second-order valence-electron chi connectivity index (χ2n) is 9.42. The molecule has 2 saturated carbocycles. The Morgan fingerprint density at radius 1 is 1.36 bits per heavy atom. The predicted octanol–water partition coefficient (Wildman–Crippen LogP) is 2.98. The first-order valence-electron chi connectivity index (χ1n) is 10.6. The number of likely N-dealkylation sites (tertiary alicyclic amines) is 1. The van der Waals surface area contributed by atoms with Gasteiger partial charge in [0.1, 0.15) is 6.10 Å². The van der Waals surface area contributed by atoms with Crippen LogP contribution in [0.4, 0.5) is 0 Å². The molecule has 2 heterocycles. The Morgan fingerprint density at radius 3 is 2.93 bits per heavy atom. The van der Waals surface area contributed by atoms with Gasteiger partial charge in [-0.1, -0.05) is 28.7 Å². The number of nitrogens with zero attached hydrogens (tertiary/aromatic N) is 1. The van der Waals surface area contributed by atoms with Crippen LogP contribution in [-0.4, -0.2) is 50.7 Å². The summed E-state index contributed by atoms with van der Waals surface area (Å²) in [6.07, 6.45) is 6.17. The minimum Gasteiger partial charge on any atom is -0.484 e. The molecule has 5 aliphatic rings. The molecule has 5 nitrogen and oxygen atoms in total. The van der Waals surface area contributed by atoms with E-state index in [1.165, 1.54) is 25.3 Å². The maximum absolute atomic E-state index is 12.3. The maximum atomic E-state index is 12.3. The van der Waals surface area contributed by atoms with Crippen molar-refractivity contribution in [3.05, 3.63) is 23.3 Å².